The Balaban J connectivity index is 1.08. The molecule has 1 N–H and O–H groups in total. The Labute approximate surface area is 303 Å². The SMILES string of the molecule is CN(C)C1(CNc2nc(OC[C@]34CCCN3C(COC(=O)N3CCCCC3)CC4)nc3c(F)c(-c4cccc5cccc(Cl)c45)ncc23)CCC1. The highest BCUT2D eigenvalue weighted by Crippen LogP contribution is 2.43. The van der Waals surface area contributed by atoms with Crippen molar-refractivity contribution in [3.63, 3.8) is 0 Å². The topological polar surface area (TPSA) is 96.0 Å². The number of pyridine rings is 1. The smallest absolute Gasteiger partial charge is 0.409 e. The van der Waals surface area contributed by atoms with Gasteiger partial charge in [0.2, 0.25) is 0 Å². The van der Waals surface area contributed by atoms with Crippen molar-refractivity contribution in [2.75, 3.05) is 58.8 Å². The largest absolute Gasteiger partial charge is 0.461 e. The summed E-state index contributed by atoms with van der Waals surface area (Å²) in [5, 5.41) is 6.23. The summed E-state index contributed by atoms with van der Waals surface area (Å²) < 4.78 is 29.1. The fourth-order valence-electron chi connectivity index (χ4n) is 8.85. The molecule has 10 nitrogen and oxygen atoms in total. The molecule has 1 unspecified atom stereocenters. The van der Waals surface area contributed by atoms with Crippen molar-refractivity contribution in [2.45, 2.75) is 81.3 Å². The lowest BCUT2D eigenvalue weighted by Crippen LogP contribution is -2.54. The van der Waals surface area contributed by atoms with Crippen LogP contribution >= 0.6 is 11.6 Å². The van der Waals surface area contributed by atoms with Gasteiger partial charge in [0.15, 0.2) is 5.82 Å². The van der Waals surface area contributed by atoms with Gasteiger partial charge in [-0.2, -0.15) is 9.97 Å². The summed E-state index contributed by atoms with van der Waals surface area (Å²) in [5.41, 5.74) is 0.727. The van der Waals surface area contributed by atoms with E-state index in [0.29, 0.717) is 41.5 Å². The van der Waals surface area contributed by atoms with Gasteiger partial charge < -0.3 is 24.6 Å². The molecule has 5 heterocycles. The number of nitrogens with one attached hydrogen (secondary N) is 1. The van der Waals surface area contributed by atoms with Crippen LogP contribution in [0.5, 0.6) is 6.01 Å². The Bertz CT molecular complexity index is 1930. The summed E-state index contributed by atoms with van der Waals surface area (Å²) in [4.78, 5) is 33.5. The molecule has 3 aliphatic heterocycles. The van der Waals surface area contributed by atoms with E-state index < -0.39 is 5.82 Å². The van der Waals surface area contributed by atoms with Gasteiger partial charge in [0.1, 0.15) is 30.2 Å². The fraction of sp³-hybridized carbons (Fsp3) is 0.538. The molecular formula is C39H47ClFN7O3. The Hall–Kier alpha value is -3.80. The number of nitrogens with zero attached hydrogens (tertiary/aromatic N) is 6. The summed E-state index contributed by atoms with van der Waals surface area (Å²) >= 11 is 6.65. The van der Waals surface area contributed by atoms with E-state index in [1.54, 1.807) is 6.20 Å². The van der Waals surface area contributed by atoms with Crippen molar-refractivity contribution < 1.29 is 18.7 Å². The molecule has 2 aromatic heterocycles. The molecule has 1 aliphatic carbocycles. The molecule has 51 heavy (non-hydrogen) atoms. The molecule has 0 radical (unpaired) electrons. The highest BCUT2D eigenvalue weighted by molar-refractivity contribution is 6.36. The van der Waals surface area contributed by atoms with Crippen LogP contribution in [0.4, 0.5) is 15.0 Å². The van der Waals surface area contributed by atoms with E-state index in [0.717, 1.165) is 81.8 Å². The molecule has 1 amide bonds. The molecule has 4 aromatic rings. The zero-order valence-corrected chi connectivity index (χ0v) is 30.4. The molecule has 1 saturated carbocycles. The number of halogens is 2. The van der Waals surface area contributed by atoms with Crippen LogP contribution < -0.4 is 10.1 Å². The van der Waals surface area contributed by atoms with E-state index in [-0.39, 0.29) is 40.4 Å². The molecule has 2 atom stereocenters. The number of amides is 1. The van der Waals surface area contributed by atoms with Crippen LogP contribution in [0.2, 0.25) is 5.02 Å². The lowest BCUT2D eigenvalue weighted by Gasteiger charge is -2.47. The minimum absolute atomic E-state index is 0.00351. The summed E-state index contributed by atoms with van der Waals surface area (Å²) in [6.45, 7) is 3.88. The monoisotopic (exact) mass is 715 g/mol. The summed E-state index contributed by atoms with van der Waals surface area (Å²) in [7, 11) is 4.21. The zero-order chi connectivity index (χ0) is 35.2. The van der Waals surface area contributed by atoms with E-state index in [2.05, 4.69) is 34.2 Å². The Morgan fingerprint density at radius 1 is 1.02 bits per heavy atom. The fourth-order valence-corrected chi connectivity index (χ4v) is 9.14. The second-order valence-corrected chi connectivity index (χ2v) is 15.5. The first-order chi connectivity index (χ1) is 24.8. The summed E-state index contributed by atoms with van der Waals surface area (Å²) in [6, 6.07) is 11.6. The van der Waals surface area contributed by atoms with Crippen molar-refractivity contribution in [1.82, 2.24) is 29.7 Å². The molecule has 0 bridgehead atoms. The number of ether oxygens (including phenoxy) is 2. The number of piperidine rings is 1. The first-order valence-electron chi connectivity index (χ1n) is 18.5. The standard InChI is InChI=1S/C39H47ClFN7O3/c1-46(2)38(15-8-16-38)24-43-35-29-22-42-33(28-12-6-10-26-11-7-13-30(40)31(26)28)32(41)34(29)44-36(45-35)51-25-39-17-9-21-48(39)27(14-18-39)23-50-37(49)47-19-4-3-5-20-47/h6-7,10-13,22,27H,3-5,8-9,14-21,23-25H2,1-2H3,(H,43,44,45)/t27?,39-/m1/s1. The first kappa shape index (κ1) is 34.3. The molecular weight excluding hydrogens is 669 g/mol. The van der Waals surface area contributed by atoms with E-state index in [1.807, 2.05) is 41.3 Å². The predicted molar refractivity (Wildman–Crippen MR) is 198 cm³/mol. The highest BCUT2D eigenvalue weighted by Gasteiger charge is 2.50. The third-order valence-electron chi connectivity index (χ3n) is 12.1. The van der Waals surface area contributed by atoms with Crippen molar-refractivity contribution in [2.24, 2.45) is 0 Å². The van der Waals surface area contributed by atoms with Crippen LogP contribution in [0.15, 0.2) is 42.6 Å². The van der Waals surface area contributed by atoms with Crippen LogP contribution in [0.3, 0.4) is 0 Å². The maximum absolute atomic E-state index is 16.8. The van der Waals surface area contributed by atoms with Crippen molar-refractivity contribution in [3.05, 3.63) is 53.4 Å². The average Bonchev–Trinajstić information content (AvgIpc) is 3.69. The number of hydrogen-bond donors (Lipinski definition) is 1. The van der Waals surface area contributed by atoms with E-state index in [1.165, 1.54) is 12.8 Å². The van der Waals surface area contributed by atoms with Crippen LogP contribution in [0.1, 0.15) is 64.2 Å². The molecule has 270 valence electrons. The number of likely N-dealkylation sites (tertiary alicyclic amines) is 1. The van der Waals surface area contributed by atoms with Gasteiger partial charge in [0.25, 0.3) is 0 Å². The van der Waals surface area contributed by atoms with E-state index >= 15 is 4.39 Å². The molecule has 3 saturated heterocycles. The maximum atomic E-state index is 16.8. The van der Waals surface area contributed by atoms with E-state index in [9.17, 15) is 4.79 Å². The van der Waals surface area contributed by atoms with Crippen LogP contribution in [-0.4, -0.2) is 106 Å². The highest BCUT2D eigenvalue weighted by atomic mass is 35.5. The van der Waals surface area contributed by atoms with Crippen molar-refractivity contribution >= 4 is 45.2 Å². The van der Waals surface area contributed by atoms with Gasteiger partial charge in [0.05, 0.1) is 10.9 Å². The lowest BCUT2D eigenvalue weighted by molar-refractivity contribution is 0.0420. The third kappa shape index (κ3) is 6.35. The molecule has 4 fully saturated rings. The quantitative estimate of drug-likeness (QED) is 0.179. The molecule has 4 aliphatic rings. The first-order valence-corrected chi connectivity index (χ1v) is 18.9. The van der Waals surface area contributed by atoms with Gasteiger partial charge in [-0.3, -0.25) is 9.88 Å². The molecule has 8 rings (SSSR count). The number of likely N-dealkylation sites (N-methyl/N-ethyl adjacent to an activating group) is 1. The second-order valence-electron chi connectivity index (χ2n) is 15.1. The number of anilines is 1. The van der Waals surface area contributed by atoms with E-state index in [4.69, 9.17) is 31.0 Å². The van der Waals surface area contributed by atoms with Gasteiger partial charge in [-0.1, -0.05) is 41.9 Å². The van der Waals surface area contributed by atoms with Crippen molar-refractivity contribution in [3.8, 4) is 17.3 Å². The average molecular weight is 716 g/mol. The summed E-state index contributed by atoms with van der Waals surface area (Å²) in [5.74, 6) is -0.0370. The van der Waals surface area contributed by atoms with Gasteiger partial charge in [-0.15, -0.1) is 0 Å². The minimum atomic E-state index is -0.543. The van der Waals surface area contributed by atoms with Gasteiger partial charge in [-0.05, 0) is 96.3 Å². The predicted octanol–water partition coefficient (Wildman–Crippen LogP) is 7.53. The van der Waals surface area contributed by atoms with Crippen LogP contribution in [0, 0.1) is 5.82 Å². The number of aromatic nitrogens is 3. The second kappa shape index (κ2) is 14.0. The molecule has 0 spiro atoms. The number of hydrogen-bond acceptors (Lipinski definition) is 9. The normalized spacial score (nSPS) is 23.1. The number of carbonyl (C=O) groups is 1. The van der Waals surface area contributed by atoms with Crippen molar-refractivity contribution in [1.29, 1.82) is 0 Å². The number of rotatable bonds is 10. The Morgan fingerprint density at radius 2 is 1.82 bits per heavy atom. The molecule has 12 heteroatoms. The molecule has 2 aromatic carbocycles. The summed E-state index contributed by atoms with van der Waals surface area (Å²) in [6.07, 6.45) is 11.9. The Kier molecular flexibility index (Phi) is 9.39. The number of benzene rings is 2. The maximum Gasteiger partial charge on any atom is 0.409 e. The zero-order valence-electron chi connectivity index (χ0n) is 29.6. The van der Waals surface area contributed by atoms with Crippen LogP contribution in [-0.2, 0) is 4.74 Å². The third-order valence-corrected chi connectivity index (χ3v) is 12.4. The number of carbonyl (C=O) groups excluding carboxylic acids is 1. The van der Waals surface area contributed by atoms with Crippen LogP contribution in [0.25, 0.3) is 32.9 Å². The van der Waals surface area contributed by atoms with Gasteiger partial charge >= 0.3 is 12.1 Å². The van der Waals surface area contributed by atoms with Gasteiger partial charge in [-0.25, -0.2) is 9.18 Å². The lowest BCUT2D eigenvalue weighted by atomic mass is 9.75. The Morgan fingerprint density at radius 3 is 2.59 bits per heavy atom. The van der Waals surface area contributed by atoms with Gasteiger partial charge in [0, 0.05) is 53.4 Å². The number of fused-ring (bicyclic) bond motifs is 3. The minimum Gasteiger partial charge on any atom is -0.461 e.